The van der Waals surface area contributed by atoms with Crippen molar-refractivity contribution in [2.24, 2.45) is 0 Å². The van der Waals surface area contributed by atoms with Crippen LogP contribution in [0.25, 0.3) is 0 Å². The van der Waals surface area contributed by atoms with Gasteiger partial charge in [0.15, 0.2) is 0 Å². The number of benzene rings is 2. The van der Waals surface area contributed by atoms with Crippen LogP contribution in [0.5, 0.6) is 0 Å². The number of amides is 2. The SMILES string of the molecule is CC(=O)Nc1ccc(NC(=O)CN(C)Cc2cccc(F)c2)cc1. The van der Waals surface area contributed by atoms with Gasteiger partial charge in [-0.1, -0.05) is 12.1 Å². The minimum Gasteiger partial charge on any atom is -0.326 e. The van der Waals surface area contributed by atoms with Crippen molar-refractivity contribution in [1.29, 1.82) is 0 Å². The fraction of sp³-hybridized carbons (Fsp3) is 0.222. The Hall–Kier alpha value is -2.73. The predicted octanol–water partition coefficient (Wildman–Crippen LogP) is 2.85. The van der Waals surface area contributed by atoms with Gasteiger partial charge >= 0.3 is 0 Å². The average molecular weight is 329 g/mol. The standard InChI is InChI=1S/C18H20FN3O2/c1-13(23)20-16-6-8-17(9-7-16)21-18(24)12-22(2)11-14-4-3-5-15(19)10-14/h3-10H,11-12H2,1-2H3,(H,20,23)(H,21,24). The third-order valence-corrected chi connectivity index (χ3v) is 3.24. The van der Waals surface area contributed by atoms with E-state index in [2.05, 4.69) is 10.6 Å². The van der Waals surface area contributed by atoms with E-state index in [-0.39, 0.29) is 24.2 Å². The number of hydrogen-bond donors (Lipinski definition) is 2. The van der Waals surface area contributed by atoms with Crippen LogP contribution in [-0.2, 0) is 16.1 Å². The molecule has 24 heavy (non-hydrogen) atoms. The van der Waals surface area contributed by atoms with Crippen molar-refractivity contribution in [1.82, 2.24) is 4.90 Å². The fourth-order valence-corrected chi connectivity index (χ4v) is 2.29. The molecule has 2 rings (SSSR count). The van der Waals surface area contributed by atoms with Crippen LogP contribution in [0.4, 0.5) is 15.8 Å². The smallest absolute Gasteiger partial charge is 0.238 e. The summed E-state index contributed by atoms with van der Waals surface area (Å²) < 4.78 is 13.2. The van der Waals surface area contributed by atoms with Crippen LogP contribution in [0.3, 0.4) is 0 Å². The van der Waals surface area contributed by atoms with Crippen LogP contribution < -0.4 is 10.6 Å². The molecule has 5 nitrogen and oxygen atoms in total. The second-order valence-electron chi connectivity index (χ2n) is 5.61. The van der Waals surface area contributed by atoms with Gasteiger partial charge in [-0.15, -0.1) is 0 Å². The van der Waals surface area contributed by atoms with Crippen molar-refractivity contribution in [2.45, 2.75) is 13.5 Å². The molecule has 0 radical (unpaired) electrons. The molecule has 2 N–H and O–H groups in total. The largest absolute Gasteiger partial charge is 0.326 e. The summed E-state index contributed by atoms with van der Waals surface area (Å²) in [5.74, 6) is -0.600. The van der Waals surface area contributed by atoms with E-state index < -0.39 is 0 Å². The minimum atomic E-state index is -0.287. The molecule has 2 aromatic rings. The van der Waals surface area contributed by atoms with Crippen molar-refractivity contribution in [3.63, 3.8) is 0 Å². The molecule has 2 aromatic carbocycles. The second kappa shape index (κ2) is 8.21. The highest BCUT2D eigenvalue weighted by Crippen LogP contribution is 2.13. The maximum Gasteiger partial charge on any atom is 0.238 e. The summed E-state index contributed by atoms with van der Waals surface area (Å²) in [4.78, 5) is 24.8. The first-order valence-corrected chi connectivity index (χ1v) is 7.53. The Balaban J connectivity index is 1.84. The number of hydrogen-bond acceptors (Lipinski definition) is 3. The molecule has 6 heteroatoms. The molecular weight excluding hydrogens is 309 g/mol. The maximum absolute atomic E-state index is 13.2. The Morgan fingerprint density at radius 2 is 1.67 bits per heavy atom. The highest BCUT2D eigenvalue weighted by molar-refractivity contribution is 5.93. The quantitative estimate of drug-likeness (QED) is 0.857. The van der Waals surface area contributed by atoms with Gasteiger partial charge in [-0.05, 0) is 49.0 Å². The van der Waals surface area contributed by atoms with Gasteiger partial charge in [-0.25, -0.2) is 4.39 Å². The number of carbonyl (C=O) groups excluding carboxylic acids is 2. The molecule has 0 unspecified atom stereocenters. The summed E-state index contributed by atoms with van der Waals surface area (Å²) in [5, 5.41) is 5.44. The minimum absolute atomic E-state index is 0.147. The van der Waals surface area contributed by atoms with Crippen molar-refractivity contribution >= 4 is 23.2 Å². The molecular formula is C18H20FN3O2. The lowest BCUT2D eigenvalue weighted by atomic mass is 10.2. The summed E-state index contributed by atoms with van der Waals surface area (Å²) in [6.07, 6.45) is 0. The molecule has 0 fully saturated rings. The highest BCUT2D eigenvalue weighted by atomic mass is 19.1. The molecule has 0 atom stereocenters. The van der Waals surface area contributed by atoms with E-state index in [0.29, 0.717) is 17.9 Å². The molecule has 2 amide bonds. The van der Waals surface area contributed by atoms with Gasteiger partial charge in [0.1, 0.15) is 5.82 Å². The molecule has 0 aliphatic carbocycles. The van der Waals surface area contributed by atoms with Crippen LogP contribution in [0, 0.1) is 5.82 Å². The predicted molar refractivity (Wildman–Crippen MR) is 92.1 cm³/mol. The summed E-state index contributed by atoms with van der Waals surface area (Å²) in [6, 6.07) is 13.2. The van der Waals surface area contributed by atoms with Crippen LogP contribution in [0.2, 0.25) is 0 Å². The number of carbonyl (C=O) groups is 2. The van der Waals surface area contributed by atoms with Crippen LogP contribution in [0.1, 0.15) is 12.5 Å². The first-order valence-electron chi connectivity index (χ1n) is 7.53. The second-order valence-corrected chi connectivity index (χ2v) is 5.61. The lowest BCUT2D eigenvalue weighted by molar-refractivity contribution is -0.117. The van der Waals surface area contributed by atoms with Gasteiger partial charge < -0.3 is 10.6 Å². The summed E-state index contributed by atoms with van der Waals surface area (Å²) in [7, 11) is 1.80. The highest BCUT2D eigenvalue weighted by Gasteiger charge is 2.08. The van der Waals surface area contributed by atoms with Crippen molar-refractivity contribution in [3.8, 4) is 0 Å². The van der Waals surface area contributed by atoms with E-state index in [1.54, 1.807) is 42.3 Å². The van der Waals surface area contributed by atoms with E-state index in [0.717, 1.165) is 5.56 Å². The number of nitrogens with one attached hydrogen (secondary N) is 2. The maximum atomic E-state index is 13.2. The zero-order valence-electron chi connectivity index (χ0n) is 13.7. The Morgan fingerprint density at radius 1 is 1.04 bits per heavy atom. The Bertz CT molecular complexity index is 716. The Labute approximate surface area is 140 Å². The van der Waals surface area contributed by atoms with Gasteiger partial charge in [0, 0.05) is 24.8 Å². The van der Waals surface area contributed by atoms with Gasteiger partial charge in [0.05, 0.1) is 6.54 Å². The monoisotopic (exact) mass is 329 g/mol. The third kappa shape index (κ3) is 5.81. The molecule has 0 saturated carbocycles. The average Bonchev–Trinajstić information content (AvgIpc) is 2.48. The van der Waals surface area contributed by atoms with Crippen molar-refractivity contribution in [2.75, 3.05) is 24.2 Å². The zero-order chi connectivity index (χ0) is 17.5. The molecule has 0 saturated heterocycles. The van der Waals surface area contributed by atoms with E-state index in [4.69, 9.17) is 0 Å². The molecule has 0 bridgehead atoms. The van der Waals surface area contributed by atoms with E-state index in [9.17, 15) is 14.0 Å². The van der Waals surface area contributed by atoms with Crippen LogP contribution in [-0.4, -0.2) is 30.3 Å². The lowest BCUT2D eigenvalue weighted by Crippen LogP contribution is -2.29. The summed E-state index contributed by atoms with van der Waals surface area (Å²) in [5.41, 5.74) is 2.13. The zero-order valence-corrected chi connectivity index (χ0v) is 13.7. The number of rotatable bonds is 6. The normalized spacial score (nSPS) is 10.5. The van der Waals surface area contributed by atoms with Gasteiger partial charge in [0.2, 0.25) is 11.8 Å². The summed E-state index contributed by atoms with van der Waals surface area (Å²) >= 11 is 0. The Kier molecular flexibility index (Phi) is 6.03. The van der Waals surface area contributed by atoms with E-state index in [1.807, 2.05) is 6.07 Å². The number of likely N-dealkylation sites (N-methyl/N-ethyl adjacent to an activating group) is 1. The molecule has 0 aromatic heterocycles. The summed E-state index contributed by atoms with van der Waals surface area (Å²) in [6.45, 7) is 2.10. The van der Waals surface area contributed by atoms with Crippen LogP contribution in [0.15, 0.2) is 48.5 Å². The first-order chi connectivity index (χ1) is 11.4. The van der Waals surface area contributed by atoms with Crippen molar-refractivity contribution in [3.05, 3.63) is 59.9 Å². The van der Waals surface area contributed by atoms with Gasteiger partial charge in [-0.3, -0.25) is 14.5 Å². The Morgan fingerprint density at radius 3 is 2.25 bits per heavy atom. The fourth-order valence-electron chi connectivity index (χ4n) is 2.29. The third-order valence-electron chi connectivity index (χ3n) is 3.24. The molecule has 0 aliphatic rings. The van der Waals surface area contributed by atoms with Crippen molar-refractivity contribution < 1.29 is 14.0 Å². The first kappa shape index (κ1) is 17.6. The van der Waals surface area contributed by atoms with Crippen LogP contribution >= 0.6 is 0 Å². The molecule has 126 valence electrons. The topological polar surface area (TPSA) is 61.4 Å². The lowest BCUT2D eigenvalue weighted by Gasteiger charge is -2.16. The molecule has 0 heterocycles. The molecule has 0 spiro atoms. The number of nitrogens with zero attached hydrogens (tertiary/aromatic N) is 1. The van der Waals surface area contributed by atoms with E-state index in [1.165, 1.54) is 19.1 Å². The number of halogens is 1. The molecule has 0 aliphatic heterocycles. The number of anilines is 2. The van der Waals surface area contributed by atoms with Gasteiger partial charge in [-0.2, -0.15) is 0 Å². The van der Waals surface area contributed by atoms with E-state index >= 15 is 0 Å². The van der Waals surface area contributed by atoms with Gasteiger partial charge in [0.25, 0.3) is 0 Å².